The number of carbonyl (C=O) groups excluding carboxylic acids is 4. The van der Waals surface area contributed by atoms with Gasteiger partial charge in [-0.1, -0.05) is 12.1 Å². The van der Waals surface area contributed by atoms with E-state index in [2.05, 4.69) is 15.8 Å². The van der Waals surface area contributed by atoms with Crippen LogP contribution in [0.1, 0.15) is 32.8 Å². The fourth-order valence-electron chi connectivity index (χ4n) is 6.04. The van der Waals surface area contributed by atoms with Gasteiger partial charge in [0, 0.05) is 13.0 Å². The van der Waals surface area contributed by atoms with Crippen LogP contribution in [0.3, 0.4) is 0 Å². The van der Waals surface area contributed by atoms with Gasteiger partial charge in [0.05, 0.1) is 35.9 Å². The van der Waals surface area contributed by atoms with Crippen molar-refractivity contribution in [1.82, 2.24) is 15.8 Å². The van der Waals surface area contributed by atoms with E-state index in [-0.39, 0.29) is 54.2 Å². The Labute approximate surface area is 204 Å². The quantitative estimate of drug-likeness (QED) is 0.587. The summed E-state index contributed by atoms with van der Waals surface area (Å²) in [4.78, 5) is 53.9. The molecule has 1 spiro atoms. The zero-order valence-corrected chi connectivity index (χ0v) is 19.8. The highest BCUT2D eigenvalue weighted by atomic mass is 19.1. The van der Waals surface area contributed by atoms with Gasteiger partial charge >= 0.3 is 12.1 Å². The number of amides is 5. The second-order valence-electron chi connectivity index (χ2n) is 9.74. The second kappa shape index (κ2) is 7.63. The molecule has 1 aromatic heterocycles. The molecule has 5 heterocycles. The van der Waals surface area contributed by atoms with Crippen LogP contribution in [0, 0.1) is 11.2 Å². The van der Waals surface area contributed by atoms with E-state index in [1.165, 1.54) is 4.90 Å². The van der Waals surface area contributed by atoms with E-state index in [0.717, 1.165) is 0 Å². The second-order valence-corrected chi connectivity index (χ2v) is 9.74. The minimum absolute atomic E-state index is 0.0975. The maximum absolute atomic E-state index is 16.1. The SMILES string of the molecule is CC[C@@H]1CN(c2noc3c(F)c4c(cc23)CC2(C(=O)NC(=O)NC2=O)[C@H]2[C@H](C)O[C@H](C)CN42)C(=O)O1. The molecule has 13 heteroatoms. The number of morpholine rings is 1. The highest BCUT2D eigenvalue weighted by Crippen LogP contribution is 2.49. The topological polar surface area (TPSA) is 143 Å². The van der Waals surface area contributed by atoms with Gasteiger partial charge in [-0.3, -0.25) is 25.1 Å². The van der Waals surface area contributed by atoms with Crippen molar-refractivity contribution in [2.45, 2.75) is 58.0 Å². The minimum Gasteiger partial charge on any atom is -0.444 e. The lowest BCUT2D eigenvalue weighted by atomic mass is 9.66. The van der Waals surface area contributed by atoms with Gasteiger partial charge in [0.15, 0.2) is 17.1 Å². The third kappa shape index (κ3) is 2.92. The molecule has 3 fully saturated rings. The van der Waals surface area contributed by atoms with Crippen molar-refractivity contribution in [1.29, 1.82) is 0 Å². The lowest BCUT2D eigenvalue weighted by Gasteiger charge is -2.55. The standard InChI is InChI=1S/C23H24FN5O7/c1-4-12-8-29(22(33)35-12)18-13-5-11-6-23(19(30)25-21(32)26-20(23)31)17-10(3)34-9(2)7-28(17)15(11)14(24)16(13)36-27-18/h5,9-10,12,17H,4,6-8H2,1-3H3,(H2,25,26,30,31,32)/t9-,10+,12-,17-/m1/s1. The highest BCUT2D eigenvalue weighted by Gasteiger charge is 2.63. The number of hydrogen-bond acceptors (Lipinski definition) is 9. The number of hydrogen-bond donors (Lipinski definition) is 2. The smallest absolute Gasteiger partial charge is 0.416 e. The summed E-state index contributed by atoms with van der Waals surface area (Å²) in [6.07, 6.45) is -1.53. The molecule has 6 rings (SSSR count). The average molecular weight is 501 g/mol. The Kier molecular flexibility index (Phi) is 4.81. The molecule has 12 nitrogen and oxygen atoms in total. The van der Waals surface area contributed by atoms with Gasteiger partial charge in [0.25, 0.3) is 0 Å². The van der Waals surface area contributed by atoms with Crippen LogP contribution in [0.4, 0.5) is 25.5 Å². The summed E-state index contributed by atoms with van der Waals surface area (Å²) in [5.74, 6) is -2.17. The number of rotatable bonds is 2. The van der Waals surface area contributed by atoms with Crippen molar-refractivity contribution in [3.8, 4) is 0 Å². The van der Waals surface area contributed by atoms with E-state index < -0.39 is 47.3 Å². The number of benzene rings is 1. The van der Waals surface area contributed by atoms with E-state index in [0.29, 0.717) is 12.0 Å². The number of anilines is 2. The Morgan fingerprint density at radius 2 is 1.89 bits per heavy atom. The summed E-state index contributed by atoms with van der Waals surface area (Å²) >= 11 is 0. The number of nitrogens with one attached hydrogen (secondary N) is 2. The van der Waals surface area contributed by atoms with Gasteiger partial charge in [0.2, 0.25) is 17.4 Å². The van der Waals surface area contributed by atoms with Crippen molar-refractivity contribution in [2.24, 2.45) is 5.41 Å². The molecule has 2 aromatic rings. The van der Waals surface area contributed by atoms with Gasteiger partial charge < -0.3 is 18.9 Å². The Morgan fingerprint density at radius 3 is 2.56 bits per heavy atom. The Balaban J connectivity index is 1.55. The fourth-order valence-corrected chi connectivity index (χ4v) is 6.04. The Morgan fingerprint density at radius 1 is 1.17 bits per heavy atom. The van der Waals surface area contributed by atoms with Crippen LogP contribution >= 0.6 is 0 Å². The van der Waals surface area contributed by atoms with Gasteiger partial charge in [0.1, 0.15) is 6.10 Å². The van der Waals surface area contributed by atoms with Gasteiger partial charge in [-0.2, -0.15) is 0 Å². The molecule has 4 aliphatic rings. The van der Waals surface area contributed by atoms with Gasteiger partial charge in [-0.25, -0.2) is 14.0 Å². The molecule has 4 aliphatic heterocycles. The molecular weight excluding hydrogens is 477 g/mol. The number of carbonyl (C=O) groups is 4. The highest BCUT2D eigenvalue weighted by molar-refractivity contribution is 6.20. The zero-order chi connectivity index (χ0) is 25.5. The van der Waals surface area contributed by atoms with Crippen LogP contribution in [-0.4, -0.2) is 66.5 Å². The van der Waals surface area contributed by atoms with Crippen molar-refractivity contribution < 1.29 is 37.6 Å². The van der Waals surface area contributed by atoms with Crippen LogP contribution < -0.4 is 20.4 Å². The number of halogens is 1. The first-order chi connectivity index (χ1) is 17.1. The summed E-state index contributed by atoms with van der Waals surface area (Å²) in [5, 5.41) is 8.59. The zero-order valence-electron chi connectivity index (χ0n) is 19.8. The predicted molar refractivity (Wildman–Crippen MR) is 121 cm³/mol. The lowest BCUT2D eigenvalue weighted by Crippen LogP contribution is -2.75. The van der Waals surface area contributed by atoms with E-state index >= 15 is 4.39 Å². The molecule has 36 heavy (non-hydrogen) atoms. The summed E-state index contributed by atoms with van der Waals surface area (Å²) in [5.41, 5.74) is -1.37. The number of aromatic nitrogens is 1. The number of nitrogens with zero attached hydrogens (tertiary/aromatic N) is 3. The fraction of sp³-hybridized carbons (Fsp3) is 0.522. The first-order valence-electron chi connectivity index (χ1n) is 11.8. The Hall–Kier alpha value is -3.74. The first-order valence-corrected chi connectivity index (χ1v) is 11.8. The molecule has 1 aromatic carbocycles. The van der Waals surface area contributed by atoms with Crippen molar-refractivity contribution in [3.63, 3.8) is 0 Å². The molecule has 0 saturated carbocycles. The number of fused-ring (bicyclic) bond motifs is 5. The van der Waals surface area contributed by atoms with E-state index in [1.54, 1.807) is 17.9 Å². The molecule has 190 valence electrons. The molecule has 0 unspecified atom stereocenters. The lowest BCUT2D eigenvalue weighted by molar-refractivity contribution is -0.153. The summed E-state index contributed by atoms with van der Waals surface area (Å²) in [7, 11) is 0. The normalized spacial score (nSPS) is 29.2. The number of barbiturate groups is 1. The number of imide groups is 2. The monoisotopic (exact) mass is 501 g/mol. The van der Waals surface area contributed by atoms with Crippen LogP contribution in [0.15, 0.2) is 10.6 Å². The number of ether oxygens (including phenoxy) is 2. The molecule has 0 bridgehead atoms. The predicted octanol–water partition coefficient (Wildman–Crippen LogP) is 1.59. The van der Waals surface area contributed by atoms with E-state index in [1.807, 2.05) is 13.8 Å². The van der Waals surface area contributed by atoms with Crippen molar-refractivity contribution in [3.05, 3.63) is 17.4 Å². The van der Waals surface area contributed by atoms with Crippen molar-refractivity contribution in [2.75, 3.05) is 22.9 Å². The molecule has 5 amide bonds. The number of cyclic esters (lactones) is 1. The number of urea groups is 1. The average Bonchev–Trinajstić information content (AvgIpc) is 3.39. The largest absolute Gasteiger partial charge is 0.444 e. The molecule has 0 radical (unpaired) electrons. The Bertz CT molecular complexity index is 1320. The molecule has 2 N–H and O–H groups in total. The summed E-state index contributed by atoms with van der Waals surface area (Å²) in [6.45, 7) is 5.82. The van der Waals surface area contributed by atoms with Gasteiger partial charge in [-0.05, 0) is 31.9 Å². The minimum atomic E-state index is -1.75. The third-order valence-corrected chi connectivity index (χ3v) is 7.53. The van der Waals surface area contributed by atoms with E-state index in [4.69, 9.17) is 14.0 Å². The van der Waals surface area contributed by atoms with E-state index in [9.17, 15) is 19.2 Å². The maximum Gasteiger partial charge on any atom is 0.416 e. The maximum atomic E-state index is 16.1. The molecule has 4 atom stereocenters. The van der Waals surface area contributed by atoms with Crippen LogP contribution in [0.2, 0.25) is 0 Å². The summed E-state index contributed by atoms with van der Waals surface area (Å²) < 4.78 is 32.8. The molecular formula is C23H24FN5O7. The van der Waals surface area contributed by atoms with Crippen LogP contribution in [0.5, 0.6) is 0 Å². The molecule has 3 saturated heterocycles. The van der Waals surface area contributed by atoms with Gasteiger partial charge in [-0.15, -0.1) is 0 Å². The van der Waals surface area contributed by atoms with Crippen LogP contribution in [-0.2, 0) is 25.5 Å². The van der Waals surface area contributed by atoms with Crippen LogP contribution in [0.25, 0.3) is 11.0 Å². The summed E-state index contributed by atoms with van der Waals surface area (Å²) in [6, 6.07) is -0.208. The third-order valence-electron chi connectivity index (χ3n) is 7.53. The first kappa shape index (κ1) is 22.7. The molecule has 0 aliphatic carbocycles. The van der Waals surface area contributed by atoms with Crippen molar-refractivity contribution >= 4 is 46.4 Å².